The zero-order chi connectivity index (χ0) is 8.27. The van der Waals surface area contributed by atoms with Crippen molar-refractivity contribution in [1.29, 1.82) is 5.26 Å². The van der Waals surface area contributed by atoms with Gasteiger partial charge in [-0.3, -0.25) is 4.79 Å². The molecule has 0 saturated carbocycles. The summed E-state index contributed by atoms with van der Waals surface area (Å²) in [7, 11) is 0. The molecule has 0 aromatic carbocycles. The van der Waals surface area contributed by atoms with Crippen molar-refractivity contribution in [3.63, 3.8) is 0 Å². The van der Waals surface area contributed by atoms with Crippen molar-refractivity contribution in [1.82, 2.24) is 0 Å². The summed E-state index contributed by atoms with van der Waals surface area (Å²) in [6.07, 6.45) is 1.41. The molecule has 0 aliphatic rings. The van der Waals surface area contributed by atoms with Crippen LogP contribution in [-0.4, -0.2) is 5.78 Å². The molecule has 1 heterocycles. The number of Topliss-reactive ketones (excluding diaryl/α,β-unsaturated/α-hetero) is 1. The number of hydrogen-bond donors (Lipinski definition) is 0. The van der Waals surface area contributed by atoms with Gasteiger partial charge in [0.25, 0.3) is 0 Å². The Labute approximate surface area is 64.2 Å². The van der Waals surface area contributed by atoms with Gasteiger partial charge in [-0.1, -0.05) is 0 Å². The molecule has 0 aliphatic carbocycles. The van der Waals surface area contributed by atoms with E-state index in [4.69, 9.17) is 9.68 Å². The molecule has 56 valence electrons. The number of ketones is 1. The summed E-state index contributed by atoms with van der Waals surface area (Å²) in [5.41, 5.74) is 0. The topological polar surface area (TPSA) is 54.0 Å². The predicted molar refractivity (Wildman–Crippen MR) is 37.8 cm³/mol. The standard InChI is InChI=1S/C8H7NO2/c1-6(5-9)8(10)7-3-2-4-11-7/h2-4,6H,1H3. The fourth-order valence-electron chi connectivity index (χ4n) is 0.691. The van der Waals surface area contributed by atoms with Crippen molar-refractivity contribution in [3.8, 4) is 6.07 Å². The summed E-state index contributed by atoms with van der Waals surface area (Å²) in [6, 6.07) is 5.02. The smallest absolute Gasteiger partial charge is 0.214 e. The minimum atomic E-state index is -0.624. The van der Waals surface area contributed by atoms with E-state index in [1.807, 2.05) is 6.07 Å². The van der Waals surface area contributed by atoms with Gasteiger partial charge in [0, 0.05) is 0 Å². The molecule has 0 bridgehead atoms. The first-order chi connectivity index (χ1) is 5.25. The van der Waals surface area contributed by atoms with Crippen molar-refractivity contribution in [2.45, 2.75) is 6.92 Å². The third-order valence-corrected chi connectivity index (χ3v) is 1.35. The van der Waals surface area contributed by atoms with Crippen LogP contribution in [0.3, 0.4) is 0 Å². The van der Waals surface area contributed by atoms with E-state index in [1.54, 1.807) is 19.1 Å². The highest BCUT2D eigenvalue weighted by Gasteiger charge is 2.15. The highest BCUT2D eigenvalue weighted by molar-refractivity contribution is 5.96. The molecule has 0 saturated heterocycles. The van der Waals surface area contributed by atoms with Crippen LogP contribution < -0.4 is 0 Å². The average Bonchev–Trinajstić information content (AvgIpc) is 2.53. The molecule has 1 aromatic rings. The van der Waals surface area contributed by atoms with Crippen LogP contribution in [0.4, 0.5) is 0 Å². The Hall–Kier alpha value is -1.56. The van der Waals surface area contributed by atoms with Gasteiger partial charge in [-0.25, -0.2) is 0 Å². The number of hydrogen-bond acceptors (Lipinski definition) is 3. The summed E-state index contributed by atoms with van der Waals surface area (Å²) in [5.74, 6) is -0.641. The maximum absolute atomic E-state index is 11.1. The highest BCUT2D eigenvalue weighted by Crippen LogP contribution is 2.07. The Balaban J connectivity index is 2.81. The van der Waals surface area contributed by atoms with Crippen molar-refractivity contribution in [3.05, 3.63) is 24.2 Å². The minimum absolute atomic E-state index is 0.249. The lowest BCUT2D eigenvalue weighted by molar-refractivity contribution is 0.0929. The van der Waals surface area contributed by atoms with Gasteiger partial charge in [0.05, 0.1) is 12.3 Å². The lowest BCUT2D eigenvalue weighted by Crippen LogP contribution is -2.07. The van der Waals surface area contributed by atoms with Gasteiger partial charge in [0.2, 0.25) is 5.78 Å². The van der Waals surface area contributed by atoms with Crippen LogP contribution >= 0.6 is 0 Å². The van der Waals surface area contributed by atoms with Crippen molar-refractivity contribution >= 4 is 5.78 Å². The molecule has 1 aromatic heterocycles. The van der Waals surface area contributed by atoms with Crippen molar-refractivity contribution in [2.75, 3.05) is 0 Å². The van der Waals surface area contributed by atoms with Gasteiger partial charge >= 0.3 is 0 Å². The zero-order valence-electron chi connectivity index (χ0n) is 6.07. The van der Waals surface area contributed by atoms with Crippen LogP contribution in [0, 0.1) is 17.2 Å². The first kappa shape index (κ1) is 7.55. The number of furan rings is 1. The second-order valence-corrected chi connectivity index (χ2v) is 2.19. The number of rotatable bonds is 2. The molecule has 0 amide bonds. The molecule has 3 nitrogen and oxygen atoms in total. The number of nitriles is 1. The van der Waals surface area contributed by atoms with Gasteiger partial charge in [-0.15, -0.1) is 0 Å². The van der Waals surface area contributed by atoms with Crippen LogP contribution in [0.1, 0.15) is 17.5 Å². The fourth-order valence-corrected chi connectivity index (χ4v) is 0.691. The van der Waals surface area contributed by atoms with Crippen LogP contribution in [0.15, 0.2) is 22.8 Å². The monoisotopic (exact) mass is 149 g/mol. The molecule has 0 spiro atoms. The maximum atomic E-state index is 11.1. The third-order valence-electron chi connectivity index (χ3n) is 1.35. The van der Waals surface area contributed by atoms with Gasteiger partial charge in [0.15, 0.2) is 5.76 Å². The van der Waals surface area contributed by atoms with Crippen LogP contribution in [-0.2, 0) is 0 Å². The molecule has 0 radical (unpaired) electrons. The van der Waals surface area contributed by atoms with E-state index in [-0.39, 0.29) is 11.5 Å². The van der Waals surface area contributed by atoms with Crippen LogP contribution in [0.5, 0.6) is 0 Å². The van der Waals surface area contributed by atoms with Crippen LogP contribution in [0.25, 0.3) is 0 Å². The quantitative estimate of drug-likeness (QED) is 0.600. The summed E-state index contributed by atoms with van der Waals surface area (Å²) in [4.78, 5) is 11.1. The average molecular weight is 149 g/mol. The van der Waals surface area contributed by atoms with Gasteiger partial charge in [0.1, 0.15) is 5.92 Å². The van der Waals surface area contributed by atoms with Gasteiger partial charge in [-0.05, 0) is 19.1 Å². The maximum Gasteiger partial charge on any atom is 0.214 e. The summed E-state index contributed by atoms with van der Waals surface area (Å²) in [6.45, 7) is 1.55. The van der Waals surface area contributed by atoms with E-state index in [0.29, 0.717) is 0 Å². The molecule has 1 atom stereocenters. The molecular weight excluding hydrogens is 142 g/mol. The fraction of sp³-hybridized carbons (Fsp3) is 0.250. The van der Waals surface area contributed by atoms with E-state index in [0.717, 1.165) is 0 Å². The number of carbonyl (C=O) groups is 1. The van der Waals surface area contributed by atoms with E-state index < -0.39 is 5.92 Å². The van der Waals surface area contributed by atoms with Gasteiger partial charge in [-0.2, -0.15) is 5.26 Å². The zero-order valence-corrected chi connectivity index (χ0v) is 6.07. The second-order valence-electron chi connectivity index (χ2n) is 2.19. The van der Waals surface area contributed by atoms with Gasteiger partial charge < -0.3 is 4.42 Å². The van der Waals surface area contributed by atoms with E-state index in [2.05, 4.69) is 0 Å². The summed E-state index contributed by atoms with van der Waals surface area (Å²) < 4.78 is 4.82. The molecule has 0 N–H and O–H groups in total. The number of nitrogens with zero attached hydrogens (tertiary/aromatic N) is 1. The first-order valence-electron chi connectivity index (χ1n) is 3.23. The summed E-state index contributed by atoms with van der Waals surface area (Å²) >= 11 is 0. The SMILES string of the molecule is CC(C#N)C(=O)c1ccco1. The largest absolute Gasteiger partial charge is 0.461 e. The van der Waals surface area contributed by atoms with E-state index in [1.165, 1.54) is 6.26 Å². The Kier molecular flexibility index (Phi) is 2.07. The Morgan fingerprint density at radius 1 is 1.82 bits per heavy atom. The number of carbonyl (C=O) groups excluding carboxylic acids is 1. The molecule has 11 heavy (non-hydrogen) atoms. The highest BCUT2D eigenvalue weighted by atomic mass is 16.3. The molecule has 1 rings (SSSR count). The van der Waals surface area contributed by atoms with E-state index >= 15 is 0 Å². The molecule has 0 aliphatic heterocycles. The molecule has 1 unspecified atom stereocenters. The summed E-state index contributed by atoms with van der Waals surface area (Å²) in [5, 5.41) is 8.39. The third kappa shape index (κ3) is 1.47. The van der Waals surface area contributed by atoms with Crippen molar-refractivity contribution in [2.24, 2.45) is 5.92 Å². The Morgan fingerprint density at radius 2 is 2.55 bits per heavy atom. The lowest BCUT2D eigenvalue weighted by atomic mass is 10.1. The first-order valence-corrected chi connectivity index (χ1v) is 3.23. The predicted octanol–water partition coefficient (Wildman–Crippen LogP) is 1.62. The molecule has 3 heteroatoms. The lowest BCUT2D eigenvalue weighted by Gasteiger charge is -1.95. The normalized spacial score (nSPS) is 12.0. The Bertz CT molecular complexity index is 282. The minimum Gasteiger partial charge on any atom is -0.461 e. The van der Waals surface area contributed by atoms with E-state index in [9.17, 15) is 4.79 Å². The second kappa shape index (κ2) is 3.02. The van der Waals surface area contributed by atoms with Crippen LogP contribution in [0.2, 0.25) is 0 Å². The molecule has 0 fully saturated rings. The molecular formula is C8H7NO2. The van der Waals surface area contributed by atoms with Crippen molar-refractivity contribution < 1.29 is 9.21 Å². The Morgan fingerprint density at radius 3 is 3.00 bits per heavy atom.